The molecule has 1 aliphatic carbocycles. The summed E-state index contributed by atoms with van der Waals surface area (Å²) in [4.78, 5) is 5.09. The zero-order valence-electron chi connectivity index (χ0n) is 32.6. The average molecular weight is 683 g/mol. The summed E-state index contributed by atoms with van der Waals surface area (Å²) in [5, 5.41) is 0. The highest BCUT2D eigenvalue weighted by molar-refractivity contribution is 5.82. The van der Waals surface area contributed by atoms with Crippen molar-refractivity contribution in [3.63, 3.8) is 0 Å². The molecule has 0 heterocycles. The molecule has 0 N–H and O–H groups in total. The monoisotopic (exact) mass is 682 g/mol. The third-order valence-corrected chi connectivity index (χ3v) is 11.8. The van der Waals surface area contributed by atoms with E-state index in [1.165, 1.54) is 78.4 Å². The van der Waals surface area contributed by atoms with Crippen LogP contribution in [0.25, 0.3) is 11.1 Å². The van der Waals surface area contributed by atoms with Gasteiger partial charge in [0.15, 0.2) is 0 Å². The molecule has 0 fully saturated rings. The van der Waals surface area contributed by atoms with Gasteiger partial charge in [-0.25, -0.2) is 0 Å². The Balaban J connectivity index is 1.31. The molecule has 0 amide bonds. The Kier molecular flexibility index (Phi) is 9.38. The Morgan fingerprint density at radius 2 is 0.923 bits per heavy atom. The van der Waals surface area contributed by atoms with E-state index in [1.807, 2.05) is 0 Å². The molecule has 0 saturated heterocycles. The molecule has 0 aliphatic heterocycles. The minimum atomic E-state index is -0.272. The van der Waals surface area contributed by atoms with E-state index in [-0.39, 0.29) is 17.0 Å². The molecule has 6 aromatic rings. The van der Waals surface area contributed by atoms with Gasteiger partial charge >= 0.3 is 0 Å². The van der Waals surface area contributed by atoms with Crippen LogP contribution < -0.4 is 9.80 Å². The highest BCUT2D eigenvalue weighted by Crippen LogP contribution is 2.52. The Morgan fingerprint density at radius 1 is 0.519 bits per heavy atom. The maximum absolute atomic E-state index is 2.55. The molecule has 0 bridgehead atoms. The topological polar surface area (TPSA) is 6.48 Å². The first kappa shape index (κ1) is 35.3. The van der Waals surface area contributed by atoms with Crippen molar-refractivity contribution in [3.05, 3.63) is 178 Å². The number of hydrogen-bond acceptors (Lipinski definition) is 2. The van der Waals surface area contributed by atoms with Gasteiger partial charge in [-0.05, 0) is 129 Å². The van der Waals surface area contributed by atoms with Crippen LogP contribution in [0.15, 0.2) is 133 Å². The van der Waals surface area contributed by atoms with Crippen LogP contribution in [0.4, 0.5) is 22.7 Å². The van der Waals surface area contributed by atoms with Gasteiger partial charge in [-0.3, -0.25) is 0 Å². The van der Waals surface area contributed by atoms with Gasteiger partial charge in [0.05, 0.1) is 11.6 Å². The fourth-order valence-electron chi connectivity index (χ4n) is 8.38. The molecule has 6 aromatic carbocycles. The van der Waals surface area contributed by atoms with Crippen LogP contribution in [0, 0.1) is 27.7 Å². The summed E-state index contributed by atoms with van der Waals surface area (Å²) in [5.41, 5.74) is 17.8. The molecular weight excluding hydrogens is 629 g/mol. The summed E-state index contributed by atoms with van der Waals surface area (Å²) in [7, 11) is 0. The first-order valence-corrected chi connectivity index (χ1v) is 19.1. The van der Waals surface area contributed by atoms with Crippen molar-refractivity contribution < 1.29 is 0 Å². The Morgan fingerprint density at radius 3 is 1.35 bits per heavy atom. The highest BCUT2D eigenvalue weighted by atomic mass is 15.2. The van der Waals surface area contributed by atoms with Crippen LogP contribution >= 0.6 is 0 Å². The number of anilines is 4. The first-order valence-electron chi connectivity index (χ1n) is 19.1. The van der Waals surface area contributed by atoms with Gasteiger partial charge in [0.25, 0.3) is 0 Å². The normalized spacial score (nSPS) is 14.6. The van der Waals surface area contributed by atoms with Crippen LogP contribution in [0.5, 0.6) is 0 Å². The van der Waals surface area contributed by atoms with Crippen molar-refractivity contribution >= 4 is 22.7 Å². The largest absolute Gasteiger partial charge is 0.334 e. The summed E-state index contributed by atoms with van der Waals surface area (Å²) in [6.45, 7) is 20.6. The zero-order chi connectivity index (χ0) is 36.8. The number of rotatable bonds is 10. The lowest BCUT2D eigenvalue weighted by Gasteiger charge is -2.44. The van der Waals surface area contributed by atoms with E-state index in [0.717, 1.165) is 12.8 Å². The van der Waals surface area contributed by atoms with Crippen LogP contribution in [0.2, 0.25) is 0 Å². The first-order chi connectivity index (χ1) is 24.9. The van der Waals surface area contributed by atoms with Gasteiger partial charge in [0.1, 0.15) is 0 Å². The molecule has 0 spiro atoms. The van der Waals surface area contributed by atoms with Crippen molar-refractivity contribution in [1.82, 2.24) is 0 Å². The van der Waals surface area contributed by atoms with E-state index < -0.39 is 0 Å². The molecule has 2 nitrogen and oxygen atoms in total. The van der Waals surface area contributed by atoms with Gasteiger partial charge in [-0.2, -0.15) is 0 Å². The van der Waals surface area contributed by atoms with Crippen LogP contribution in [0.3, 0.4) is 0 Å². The average Bonchev–Trinajstić information content (AvgIpc) is 3.38. The molecule has 2 atom stereocenters. The SMILES string of the molecule is CCC(c1ccc2c(c1)C(C)(C)c1cc(C(C)(CC)N(c3ccc(C)cc3)c3ccc(C)cc3)ccc1-2)N(c1ccc(C)cc1)c1ccc(C)cc1. The highest BCUT2D eigenvalue weighted by Gasteiger charge is 2.40. The summed E-state index contributed by atoms with van der Waals surface area (Å²) < 4.78 is 0. The zero-order valence-corrected chi connectivity index (χ0v) is 32.6. The summed E-state index contributed by atoms with van der Waals surface area (Å²) >= 11 is 0. The molecule has 2 unspecified atom stereocenters. The van der Waals surface area contributed by atoms with Crippen molar-refractivity contribution in [2.75, 3.05) is 9.80 Å². The standard InChI is InChI=1S/C50H54N2/c1-10-48(51(40-22-12-34(3)13-23-40)41-24-14-35(4)15-25-41)38-20-30-44-45-31-21-39(33-47(45)49(7,8)46(44)32-38)50(9,11-2)52(42-26-16-36(5)17-27-42)43-28-18-37(6)19-29-43/h12-33,48H,10-11H2,1-9H3. The quantitative estimate of drug-likeness (QED) is 0.142. The maximum Gasteiger partial charge on any atom is 0.0671 e. The van der Waals surface area contributed by atoms with Crippen molar-refractivity contribution in [1.29, 1.82) is 0 Å². The van der Waals surface area contributed by atoms with Crippen LogP contribution in [0.1, 0.15) is 98.0 Å². The van der Waals surface area contributed by atoms with Gasteiger partial charge in [0.2, 0.25) is 0 Å². The molecule has 0 radical (unpaired) electrons. The third-order valence-electron chi connectivity index (χ3n) is 11.8. The number of fused-ring (bicyclic) bond motifs is 3. The Labute approximate surface area is 312 Å². The molecular formula is C50H54N2. The van der Waals surface area contributed by atoms with Crippen molar-refractivity contribution in [3.8, 4) is 11.1 Å². The van der Waals surface area contributed by atoms with E-state index in [2.05, 4.69) is 206 Å². The third kappa shape index (κ3) is 6.23. The molecule has 0 saturated carbocycles. The van der Waals surface area contributed by atoms with Crippen LogP contribution in [-0.4, -0.2) is 0 Å². The van der Waals surface area contributed by atoms with Crippen LogP contribution in [-0.2, 0) is 11.0 Å². The molecule has 1 aliphatic rings. The number of hydrogen-bond donors (Lipinski definition) is 0. The lowest BCUT2D eigenvalue weighted by atomic mass is 9.78. The minimum absolute atomic E-state index is 0.152. The van der Waals surface area contributed by atoms with E-state index in [9.17, 15) is 0 Å². The number of aryl methyl sites for hydroxylation is 4. The lowest BCUT2D eigenvalue weighted by Crippen LogP contribution is -2.40. The molecule has 2 heteroatoms. The molecule has 264 valence electrons. The van der Waals surface area contributed by atoms with Gasteiger partial charge in [-0.15, -0.1) is 0 Å². The maximum atomic E-state index is 2.55. The second-order valence-corrected chi connectivity index (χ2v) is 15.8. The molecule has 52 heavy (non-hydrogen) atoms. The minimum Gasteiger partial charge on any atom is -0.334 e. The summed E-state index contributed by atoms with van der Waals surface area (Å²) in [5.74, 6) is 0. The van der Waals surface area contributed by atoms with Gasteiger partial charge in [0, 0.05) is 28.2 Å². The lowest BCUT2D eigenvalue weighted by molar-refractivity contribution is 0.462. The predicted octanol–water partition coefficient (Wildman–Crippen LogP) is 14.0. The Bertz CT molecular complexity index is 2080. The predicted molar refractivity (Wildman–Crippen MR) is 224 cm³/mol. The van der Waals surface area contributed by atoms with Crippen molar-refractivity contribution in [2.45, 2.75) is 92.2 Å². The van der Waals surface area contributed by atoms with E-state index in [1.54, 1.807) is 0 Å². The summed E-state index contributed by atoms with van der Waals surface area (Å²) in [6, 6.07) is 50.8. The van der Waals surface area contributed by atoms with E-state index >= 15 is 0 Å². The molecule has 7 rings (SSSR count). The molecule has 0 aromatic heterocycles. The fourth-order valence-corrected chi connectivity index (χ4v) is 8.38. The second-order valence-electron chi connectivity index (χ2n) is 15.8. The van der Waals surface area contributed by atoms with Crippen molar-refractivity contribution in [2.24, 2.45) is 0 Å². The van der Waals surface area contributed by atoms with Gasteiger partial charge < -0.3 is 9.80 Å². The second kappa shape index (κ2) is 13.8. The van der Waals surface area contributed by atoms with Gasteiger partial charge in [-0.1, -0.05) is 135 Å². The van der Waals surface area contributed by atoms with E-state index in [0.29, 0.717) is 0 Å². The fraction of sp³-hybridized carbons (Fsp3) is 0.280. The number of benzene rings is 6. The summed E-state index contributed by atoms with van der Waals surface area (Å²) in [6.07, 6.45) is 1.94. The van der Waals surface area contributed by atoms with E-state index in [4.69, 9.17) is 0 Å². The number of nitrogens with zero attached hydrogens (tertiary/aromatic N) is 2. The smallest absolute Gasteiger partial charge is 0.0671 e. The Hall–Kier alpha value is -5.08.